The summed E-state index contributed by atoms with van der Waals surface area (Å²) in [4.78, 5) is 1.16. The largest absolute Gasteiger partial charge is 0.305 e. The summed E-state index contributed by atoms with van der Waals surface area (Å²) in [5.41, 5.74) is 0.479. The fourth-order valence-corrected chi connectivity index (χ4v) is 3.10. The van der Waals surface area contributed by atoms with Crippen LogP contribution >= 0.6 is 27.3 Å². The van der Waals surface area contributed by atoms with Crippen molar-refractivity contribution in [3.05, 3.63) is 56.2 Å². The van der Waals surface area contributed by atoms with Crippen LogP contribution in [0.15, 0.2) is 34.1 Å². The van der Waals surface area contributed by atoms with E-state index in [0.717, 1.165) is 14.7 Å². The van der Waals surface area contributed by atoms with Gasteiger partial charge >= 0.3 is 0 Å². The number of hydrogen-bond donors (Lipinski definition) is 1. The molecule has 1 unspecified atom stereocenters. The summed E-state index contributed by atoms with van der Waals surface area (Å²) in [5, 5.41) is 3.22. The Balaban J connectivity index is 2.01. The summed E-state index contributed by atoms with van der Waals surface area (Å²) in [5.74, 6) is -1.06. The van der Waals surface area contributed by atoms with Gasteiger partial charge in [-0.1, -0.05) is 6.07 Å². The van der Waals surface area contributed by atoms with Crippen LogP contribution in [-0.4, -0.2) is 0 Å². The van der Waals surface area contributed by atoms with Gasteiger partial charge in [0.1, 0.15) is 11.6 Å². The molecule has 1 N–H and O–H groups in total. The molecule has 0 aliphatic rings. The van der Waals surface area contributed by atoms with Crippen molar-refractivity contribution in [2.24, 2.45) is 0 Å². The molecule has 0 bridgehead atoms. The van der Waals surface area contributed by atoms with Crippen molar-refractivity contribution < 1.29 is 8.78 Å². The summed E-state index contributed by atoms with van der Waals surface area (Å²) in [6, 6.07) is 7.49. The van der Waals surface area contributed by atoms with Gasteiger partial charge in [0.2, 0.25) is 0 Å². The number of halogens is 3. The Morgan fingerprint density at radius 1 is 1.28 bits per heavy atom. The van der Waals surface area contributed by atoms with E-state index in [2.05, 4.69) is 21.2 Å². The van der Waals surface area contributed by atoms with E-state index in [1.807, 2.05) is 19.1 Å². The maximum Gasteiger partial charge on any atom is 0.130 e. The lowest BCUT2D eigenvalue weighted by Crippen LogP contribution is -2.18. The summed E-state index contributed by atoms with van der Waals surface area (Å²) >= 11 is 5.02. The Labute approximate surface area is 117 Å². The first-order chi connectivity index (χ1) is 8.56. The molecule has 1 heterocycles. The number of hydrogen-bond acceptors (Lipinski definition) is 2. The van der Waals surface area contributed by atoms with Crippen LogP contribution < -0.4 is 5.32 Å². The molecule has 0 spiro atoms. The molecule has 0 amide bonds. The van der Waals surface area contributed by atoms with E-state index >= 15 is 0 Å². The molecule has 2 rings (SSSR count). The third-order valence-electron chi connectivity index (χ3n) is 2.64. The first-order valence-corrected chi connectivity index (χ1v) is 7.10. The van der Waals surface area contributed by atoms with Crippen molar-refractivity contribution in [3.8, 4) is 0 Å². The second-order valence-electron chi connectivity index (χ2n) is 3.97. The van der Waals surface area contributed by atoms with Crippen LogP contribution in [0.25, 0.3) is 0 Å². The molecule has 1 aromatic heterocycles. The minimum atomic E-state index is -0.550. The van der Waals surface area contributed by atoms with Gasteiger partial charge in [0.25, 0.3) is 0 Å². The van der Waals surface area contributed by atoms with E-state index in [0.29, 0.717) is 12.1 Å². The van der Waals surface area contributed by atoms with Crippen LogP contribution in [0.5, 0.6) is 0 Å². The lowest BCUT2D eigenvalue weighted by molar-refractivity contribution is 0.519. The van der Waals surface area contributed by atoms with Gasteiger partial charge in [0, 0.05) is 29.1 Å². The fraction of sp³-hybridized carbons (Fsp3) is 0.231. The fourth-order valence-electron chi connectivity index (χ4n) is 1.66. The molecule has 96 valence electrons. The molecular formula is C13H12BrF2NS. The highest BCUT2D eigenvalue weighted by atomic mass is 79.9. The van der Waals surface area contributed by atoms with Crippen LogP contribution in [-0.2, 0) is 6.54 Å². The highest BCUT2D eigenvalue weighted by molar-refractivity contribution is 9.11. The van der Waals surface area contributed by atoms with Crippen molar-refractivity contribution in [2.75, 3.05) is 0 Å². The summed E-state index contributed by atoms with van der Waals surface area (Å²) in [7, 11) is 0. The maximum absolute atomic E-state index is 13.5. The first-order valence-electron chi connectivity index (χ1n) is 5.49. The lowest BCUT2D eigenvalue weighted by Gasteiger charge is -2.14. The average molecular weight is 332 g/mol. The summed E-state index contributed by atoms with van der Waals surface area (Å²) < 4.78 is 27.4. The topological polar surface area (TPSA) is 12.0 Å². The Bertz CT molecular complexity index is 542. The zero-order valence-corrected chi connectivity index (χ0v) is 12.1. The SMILES string of the molecule is CC(NCc1ccc(Br)s1)c1ccc(F)cc1F. The van der Waals surface area contributed by atoms with Crippen molar-refractivity contribution in [2.45, 2.75) is 19.5 Å². The molecule has 18 heavy (non-hydrogen) atoms. The van der Waals surface area contributed by atoms with Crippen LogP contribution in [0.3, 0.4) is 0 Å². The smallest absolute Gasteiger partial charge is 0.130 e. The second kappa shape index (κ2) is 5.91. The zero-order valence-electron chi connectivity index (χ0n) is 9.71. The molecule has 1 nitrogen and oxygen atoms in total. The van der Waals surface area contributed by atoms with E-state index in [1.54, 1.807) is 11.3 Å². The Hall–Kier alpha value is -0.780. The number of benzene rings is 1. The average Bonchev–Trinajstić information content (AvgIpc) is 2.72. The third kappa shape index (κ3) is 3.37. The van der Waals surface area contributed by atoms with Crippen molar-refractivity contribution in [3.63, 3.8) is 0 Å². The monoisotopic (exact) mass is 331 g/mol. The number of rotatable bonds is 4. The predicted octanol–water partition coefficient (Wildman–Crippen LogP) is 4.64. The number of nitrogens with one attached hydrogen (secondary N) is 1. The first kappa shape index (κ1) is 13.6. The lowest BCUT2D eigenvalue weighted by atomic mass is 10.1. The van der Waals surface area contributed by atoms with Gasteiger partial charge in [-0.2, -0.15) is 0 Å². The molecule has 1 aromatic carbocycles. The molecular weight excluding hydrogens is 320 g/mol. The van der Waals surface area contributed by atoms with E-state index in [9.17, 15) is 8.78 Å². The molecule has 0 radical (unpaired) electrons. The summed E-state index contributed by atoms with van der Waals surface area (Å²) in [6.07, 6.45) is 0. The quantitative estimate of drug-likeness (QED) is 0.860. The van der Waals surface area contributed by atoms with Gasteiger partial charge < -0.3 is 5.32 Å². The highest BCUT2D eigenvalue weighted by Crippen LogP contribution is 2.23. The van der Waals surface area contributed by atoms with Gasteiger partial charge in [0.15, 0.2) is 0 Å². The zero-order chi connectivity index (χ0) is 13.1. The highest BCUT2D eigenvalue weighted by Gasteiger charge is 2.11. The molecule has 2 aromatic rings. The number of thiophene rings is 1. The van der Waals surface area contributed by atoms with Crippen LogP contribution in [0.2, 0.25) is 0 Å². The van der Waals surface area contributed by atoms with Crippen molar-refractivity contribution in [1.82, 2.24) is 5.32 Å². The van der Waals surface area contributed by atoms with Gasteiger partial charge in [-0.25, -0.2) is 8.78 Å². The van der Waals surface area contributed by atoms with Gasteiger partial charge in [-0.05, 0) is 41.1 Å². The maximum atomic E-state index is 13.5. The van der Waals surface area contributed by atoms with E-state index in [1.165, 1.54) is 12.1 Å². The van der Waals surface area contributed by atoms with E-state index in [4.69, 9.17) is 0 Å². The van der Waals surface area contributed by atoms with Crippen molar-refractivity contribution >= 4 is 27.3 Å². The molecule has 0 aliphatic carbocycles. The van der Waals surface area contributed by atoms with Crippen LogP contribution in [0, 0.1) is 11.6 Å². The third-order valence-corrected chi connectivity index (χ3v) is 4.26. The molecule has 1 atom stereocenters. The molecule has 0 saturated carbocycles. The molecule has 0 saturated heterocycles. The van der Waals surface area contributed by atoms with Crippen molar-refractivity contribution in [1.29, 1.82) is 0 Å². The molecule has 0 fully saturated rings. The van der Waals surface area contributed by atoms with Crippen LogP contribution in [0.4, 0.5) is 8.78 Å². The van der Waals surface area contributed by atoms with Gasteiger partial charge in [0.05, 0.1) is 3.79 Å². The molecule has 0 aliphatic heterocycles. The molecule has 5 heteroatoms. The minimum absolute atomic E-state index is 0.161. The Morgan fingerprint density at radius 2 is 2.06 bits per heavy atom. The van der Waals surface area contributed by atoms with Gasteiger partial charge in [-0.15, -0.1) is 11.3 Å². The normalized spacial score (nSPS) is 12.7. The van der Waals surface area contributed by atoms with E-state index < -0.39 is 11.6 Å². The Morgan fingerprint density at radius 3 is 2.67 bits per heavy atom. The minimum Gasteiger partial charge on any atom is -0.305 e. The second-order valence-corrected chi connectivity index (χ2v) is 6.52. The van der Waals surface area contributed by atoms with E-state index in [-0.39, 0.29) is 6.04 Å². The Kier molecular flexibility index (Phi) is 4.48. The van der Waals surface area contributed by atoms with Gasteiger partial charge in [-0.3, -0.25) is 0 Å². The van der Waals surface area contributed by atoms with Crippen LogP contribution in [0.1, 0.15) is 23.4 Å². The predicted molar refractivity (Wildman–Crippen MR) is 73.6 cm³/mol. The summed E-state index contributed by atoms with van der Waals surface area (Å²) in [6.45, 7) is 2.52. The standard InChI is InChI=1S/C13H12BrF2NS/c1-8(11-4-2-9(15)6-12(11)16)17-7-10-3-5-13(14)18-10/h2-6,8,17H,7H2,1H3.